The van der Waals surface area contributed by atoms with E-state index in [9.17, 15) is 9.59 Å². The molecule has 148 valence electrons. The number of fused-ring (bicyclic) bond motifs is 1. The van der Waals surface area contributed by atoms with Gasteiger partial charge in [0.15, 0.2) is 6.10 Å². The second-order valence-corrected chi connectivity index (χ2v) is 7.22. The summed E-state index contributed by atoms with van der Waals surface area (Å²) in [5.41, 5.74) is 4.21. The van der Waals surface area contributed by atoms with Gasteiger partial charge in [-0.2, -0.15) is 0 Å². The van der Waals surface area contributed by atoms with Crippen molar-refractivity contribution in [2.24, 2.45) is 0 Å². The van der Waals surface area contributed by atoms with Crippen molar-refractivity contribution in [3.8, 4) is 11.3 Å². The summed E-state index contributed by atoms with van der Waals surface area (Å²) in [6.45, 7) is 3.56. The summed E-state index contributed by atoms with van der Waals surface area (Å²) in [6.07, 6.45) is -0.895. The Hall–Kier alpha value is -3.79. The van der Waals surface area contributed by atoms with E-state index in [-0.39, 0.29) is 5.78 Å². The zero-order valence-electron chi connectivity index (χ0n) is 16.8. The van der Waals surface area contributed by atoms with Crippen molar-refractivity contribution in [3.63, 3.8) is 0 Å². The number of ketones is 1. The number of esters is 1. The third-order valence-electron chi connectivity index (χ3n) is 4.97. The molecule has 0 aliphatic carbocycles. The second kappa shape index (κ2) is 8.29. The Labute approximate surface area is 175 Å². The third kappa shape index (κ3) is 3.98. The molecule has 3 aromatic carbocycles. The lowest BCUT2D eigenvalue weighted by Gasteiger charge is -2.15. The van der Waals surface area contributed by atoms with Gasteiger partial charge in [0.05, 0.1) is 16.8 Å². The number of benzene rings is 3. The fourth-order valence-corrected chi connectivity index (χ4v) is 3.38. The smallest absolute Gasteiger partial charge is 0.339 e. The summed E-state index contributed by atoms with van der Waals surface area (Å²) in [4.78, 5) is 30.4. The number of rotatable bonds is 5. The largest absolute Gasteiger partial charge is 0.451 e. The van der Waals surface area contributed by atoms with Gasteiger partial charge >= 0.3 is 5.97 Å². The number of Topliss-reactive ketones (excluding diaryl/α,β-unsaturated/α-hetero) is 1. The van der Waals surface area contributed by atoms with Gasteiger partial charge < -0.3 is 4.74 Å². The van der Waals surface area contributed by atoms with Gasteiger partial charge in [-0.3, -0.25) is 4.79 Å². The summed E-state index contributed by atoms with van der Waals surface area (Å²) in [6, 6.07) is 26.0. The molecule has 1 heterocycles. The minimum atomic E-state index is -0.895. The lowest BCUT2D eigenvalue weighted by molar-refractivity contribution is 0.0320. The summed E-state index contributed by atoms with van der Waals surface area (Å²) in [5.74, 6) is -0.774. The van der Waals surface area contributed by atoms with E-state index in [4.69, 9.17) is 9.72 Å². The van der Waals surface area contributed by atoms with Gasteiger partial charge in [-0.25, -0.2) is 9.78 Å². The molecule has 0 N–H and O–H groups in total. The van der Waals surface area contributed by atoms with Crippen LogP contribution in [0.2, 0.25) is 0 Å². The van der Waals surface area contributed by atoms with Gasteiger partial charge in [0.1, 0.15) is 0 Å². The Morgan fingerprint density at radius 2 is 1.53 bits per heavy atom. The summed E-state index contributed by atoms with van der Waals surface area (Å²) in [7, 11) is 0. The first kappa shape index (κ1) is 19.5. The summed E-state index contributed by atoms with van der Waals surface area (Å²) < 4.78 is 5.58. The van der Waals surface area contributed by atoms with Gasteiger partial charge in [-0.15, -0.1) is 0 Å². The highest BCUT2D eigenvalue weighted by Crippen LogP contribution is 2.26. The molecule has 0 saturated heterocycles. The highest BCUT2D eigenvalue weighted by Gasteiger charge is 2.22. The number of pyridine rings is 1. The minimum absolute atomic E-state index is 0.234. The van der Waals surface area contributed by atoms with Gasteiger partial charge in [0.25, 0.3) is 0 Å². The first-order chi connectivity index (χ1) is 14.5. The lowest BCUT2D eigenvalue weighted by atomic mass is 10.0. The normalized spacial score (nSPS) is 11.8. The van der Waals surface area contributed by atoms with E-state index in [0.29, 0.717) is 27.7 Å². The van der Waals surface area contributed by atoms with Crippen LogP contribution < -0.4 is 0 Å². The third-order valence-corrected chi connectivity index (χ3v) is 4.97. The molecule has 30 heavy (non-hydrogen) atoms. The maximum absolute atomic E-state index is 13.1. The molecule has 0 aliphatic heterocycles. The van der Waals surface area contributed by atoms with Crippen LogP contribution in [0.4, 0.5) is 0 Å². The Morgan fingerprint density at radius 1 is 0.867 bits per heavy atom. The van der Waals surface area contributed by atoms with E-state index in [0.717, 1.165) is 11.1 Å². The molecule has 0 radical (unpaired) electrons. The number of aryl methyl sites for hydroxylation is 1. The number of aromatic nitrogens is 1. The number of carbonyl (C=O) groups excluding carboxylic acids is 2. The molecule has 4 aromatic rings. The molecule has 0 spiro atoms. The zero-order chi connectivity index (χ0) is 21.1. The molecule has 0 aliphatic rings. The van der Waals surface area contributed by atoms with Crippen LogP contribution in [-0.2, 0) is 4.74 Å². The predicted octanol–water partition coefficient (Wildman–Crippen LogP) is 5.64. The van der Waals surface area contributed by atoms with Crippen molar-refractivity contribution >= 4 is 22.7 Å². The quantitative estimate of drug-likeness (QED) is 0.324. The molecule has 0 unspecified atom stereocenters. The van der Waals surface area contributed by atoms with E-state index in [1.807, 2.05) is 61.5 Å². The van der Waals surface area contributed by atoms with E-state index >= 15 is 0 Å². The average Bonchev–Trinajstić information content (AvgIpc) is 2.79. The van der Waals surface area contributed by atoms with Crippen LogP contribution in [0.3, 0.4) is 0 Å². The van der Waals surface area contributed by atoms with Crippen LogP contribution in [0, 0.1) is 6.92 Å². The standard InChI is InChI=1S/C26H21NO3/c1-17-13-14-23-21(15-17)22(16-24(27-23)19-9-5-3-6-10-19)26(29)30-18(2)25(28)20-11-7-4-8-12-20/h3-16,18H,1-2H3/t18-/m0/s1. The van der Waals surface area contributed by atoms with E-state index in [2.05, 4.69) is 0 Å². The number of ether oxygens (including phenoxy) is 1. The van der Waals surface area contributed by atoms with Crippen molar-refractivity contribution < 1.29 is 14.3 Å². The topological polar surface area (TPSA) is 56.3 Å². The summed E-state index contributed by atoms with van der Waals surface area (Å²) in [5, 5.41) is 0.707. The highest BCUT2D eigenvalue weighted by atomic mass is 16.5. The van der Waals surface area contributed by atoms with Crippen LogP contribution in [0.1, 0.15) is 33.2 Å². The van der Waals surface area contributed by atoms with Gasteiger partial charge in [-0.1, -0.05) is 72.3 Å². The zero-order valence-corrected chi connectivity index (χ0v) is 16.8. The molecule has 1 aromatic heterocycles. The van der Waals surface area contributed by atoms with E-state index < -0.39 is 12.1 Å². The van der Waals surface area contributed by atoms with Crippen LogP contribution in [0.5, 0.6) is 0 Å². The van der Waals surface area contributed by atoms with Crippen molar-refractivity contribution in [3.05, 3.63) is 102 Å². The number of hydrogen-bond donors (Lipinski definition) is 0. The number of carbonyl (C=O) groups is 2. The first-order valence-electron chi connectivity index (χ1n) is 9.80. The van der Waals surface area contributed by atoms with Crippen molar-refractivity contribution in [2.75, 3.05) is 0 Å². The number of nitrogens with zero attached hydrogens (tertiary/aromatic N) is 1. The van der Waals surface area contributed by atoms with Gasteiger partial charge in [0, 0.05) is 16.5 Å². The first-order valence-corrected chi connectivity index (χ1v) is 9.80. The molecule has 0 saturated carbocycles. The fraction of sp³-hybridized carbons (Fsp3) is 0.115. The second-order valence-electron chi connectivity index (χ2n) is 7.22. The predicted molar refractivity (Wildman–Crippen MR) is 118 cm³/mol. The van der Waals surface area contributed by atoms with Crippen LogP contribution in [-0.4, -0.2) is 22.8 Å². The van der Waals surface area contributed by atoms with E-state index in [1.165, 1.54) is 0 Å². The molecular formula is C26H21NO3. The van der Waals surface area contributed by atoms with Crippen molar-refractivity contribution in [2.45, 2.75) is 20.0 Å². The van der Waals surface area contributed by atoms with Crippen molar-refractivity contribution in [1.82, 2.24) is 4.98 Å². The molecule has 4 heteroatoms. The van der Waals surface area contributed by atoms with Gasteiger partial charge in [-0.05, 0) is 32.0 Å². The fourth-order valence-electron chi connectivity index (χ4n) is 3.38. The Kier molecular flexibility index (Phi) is 5.40. The average molecular weight is 395 g/mol. The molecule has 0 amide bonds. The lowest BCUT2D eigenvalue weighted by Crippen LogP contribution is -2.24. The monoisotopic (exact) mass is 395 g/mol. The molecular weight excluding hydrogens is 374 g/mol. The Morgan fingerprint density at radius 3 is 2.23 bits per heavy atom. The van der Waals surface area contributed by atoms with Crippen LogP contribution in [0.25, 0.3) is 22.2 Å². The Balaban J connectivity index is 1.72. The number of hydrogen-bond acceptors (Lipinski definition) is 4. The maximum Gasteiger partial charge on any atom is 0.339 e. The van der Waals surface area contributed by atoms with Crippen LogP contribution in [0.15, 0.2) is 84.9 Å². The maximum atomic E-state index is 13.1. The van der Waals surface area contributed by atoms with Crippen molar-refractivity contribution in [1.29, 1.82) is 0 Å². The van der Waals surface area contributed by atoms with E-state index in [1.54, 1.807) is 37.3 Å². The minimum Gasteiger partial charge on any atom is -0.451 e. The molecule has 0 fully saturated rings. The molecule has 4 nitrogen and oxygen atoms in total. The summed E-state index contributed by atoms with van der Waals surface area (Å²) >= 11 is 0. The highest BCUT2D eigenvalue weighted by molar-refractivity contribution is 6.07. The molecule has 4 rings (SSSR count). The molecule has 0 bridgehead atoms. The molecule has 1 atom stereocenters. The SMILES string of the molecule is Cc1ccc2nc(-c3ccccc3)cc(C(=O)O[C@@H](C)C(=O)c3ccccc3)c2c1. The Bertz CT molecular complexity index is 1220. The van der Waals surface area contributed by atoms with Crippen LogP contribution >= 0.6 is 0 Å². The van der Waals surface area contributed by atoms with Gasteiger partial charge in [0.2, 0.25) is 5.78 Å².